The standard InChI is InChI=1S/C13H18O2/c1-3-12-8-6-4-5-7-9-13(10-12)15-11(2)14/h1,10,13H,4-9H2,2H3/b12-10-. The summed E-state index contributed by atoms with van der Waals surface area (Å²) in [5.74, 6) is 2.44. The van der Waals surface area contributed by atoms with E-state index in [0.717, 1.165) is 31.3 Å². The van der Waals surface area contributed by atoms with Gasteiger partial charge >= 0.3 is 5.97 Å². The van der Waals surface area contributed by atoms with Gasteiger partial charge in [0.1, 0.15) is 6.10 Å². The molecule has 1 rings (SSSR count). The van der Waals surface area contributed by atoms with Crippen LogP contribution < -0.4 is 0 Å². The minimum Gasteiger partial charge on any atom is -0.458 e. The maximum Gasteiger partial charge on any atom is 0.303 e. The van der Waals surface area contributed by atoms with Crippen LogP contribution in [0, 0.1) is 12.3 Å². The Morgan fingerprint density at radius 2 is 2.20 bits per heavy atom. The normalized spacial score (nSPS) is 26.1. The monoisotopic (exact) mass is 206 g/mol. The Morgan fingerprint density at radius 3 is 2.87 bits per heavy atom. The van der Waals surface area contributed by atoms with Gasteiger partial charge in [-0.1, -0.05) is 18.8 Å². The third kappa shape index (κ3) is 4.69. The number of rotatable bonds is 1. The summed E-state index contributed by atoms with van der Waals surface area (Å²) in [4.78, 5) is 10.9. The molecule has 0 aromatic heterocycles. The van der Waals surface area contributed by atoms with Crippen LogP contribution in [0.5, 0.6) is 0 Å². The fourth-order valence-electron chi connectivity index (χ4n) is 1.83. The van der Waals surface area contributed by atoms with E-state index in [1.54, 1.807) is 0 Å². The summed E-state index contributed by atoms with van der Waals surface area (Å²) in [7, 11) is 0. The first-order valence-electron chi connectivity index (χ1n) is 5.57. The fraction of sp³-hybridized carbons (Fsp3) is 0.615. The minimum atomic E-state index is -0.230. The Labute approximate surface area is 91.7 Å². The largest absolute Gasteiger partial charge is 0.458 e. The van der Waals surface area contributed by atoms with Crippen LogP contribution in [-0.4, -0.2) is 12.1 Å². The number of terminal acetylenes is 1. The molecule has 1 atom stereocenters. The van der Waals surface area contributed by atoms with Crippen molar-refractivity contribution in [2.45, 2.75) is 51.6 Å². The lowest BCUT2D eigenvalue weighted by molar-refractivity contribution is -0.144. The van der Waals surface area contributed by atoms with E-state index in [0.29, 0.717) is 0 Å². The van der Waals surface area contributed by atoms with Crippen LogP contribution in [0.15, 0.2) is 11.6 Å². The van der Waals surface area contributed by atoms with Gasteiger partial charge in [0, 0.05) is 12.5 Å². The van der Waals surface area contributed by atoms with E-state index in [-0.39, 0.29) is 12.1 Å². The summed E-state index contributed by atoms with van der Waals surface area (Å²) in [5.41, 5.74) is 0.975. The summed E-state index contributed by atoms with van der Waals surface area (Å²) in [6.07, 6.45) is 13.7. The summed E-state index contributed by atoms with van der Waals surface area (Å²) >= 11 is 0. The van der Waals surface area contributed by atoms with E-state index >= 15 is 0 Å². The van der Waals surface area contributed by atoms with Crippen molar-refractivity contribution in [3.63, 3.8) is 0 Å². The molecule has 0 bridgehead atoms. The zero-order chi connectivity index (χ0) is 11.1. The van der Waals surface area contributed by atoms with Crippen LogP contribution >= 0.6 is 0 Å². The van der Waals surface area contributed by atoms with Crippen molar-refractivity contribution in [1.82, 2.24) is 0 Å². The van der Waals surface area contributed by atoms with E-state index in [9.17, 15) is 4.79 Å². The molecule has 0 N–H and O–H groups in total. The molecule has 0 saturated heterocycles. The molecule has 15 heavy (non-hydrogen) atoms. The number of hydrogen-bond donors (Lipinski definition) is 0. The molecule has 2 heteroatoms. The Kier molecular flexibility index (Phi) is 4.97. The number of carbonyl (C=O) groups is 1. The van der Waals surface area contributed by atoms with Gasteiger partial charge in [0.05, 0.1) is 0 Å². The first-order chi connectivity index (χ1) is 7.22. The Bertz CT molecular complexity index is 283. The van der Waals surface area contributed by atoms with E-state index in [4.69, 9.17) is 11.2 Å². The molecule has 0 heterocycles. The van der Waals surface area contributed by atoms with Crippen LogP contribution in [0.2, 0.25) is 0 Å². The van der Waals surface area contributed by atoms with Gasteiger partial charge in [-0.2, -0.15) is 0 Å². The quantitative estimate of drug-likeness (QED) is 0.487. The van der Waals surface area contributed by atoms with Gasteiger partial charge in [0.15, 0.2) is 0 Å². The van der Waals surface area contributed by atoms with Crippen molar-refractivity contribution < 1.29 is 9.53 Å². The van der Waals surface area contributed by atoms with E-state index in [1.807, 2.05) is 6.08 Å². The zero-order valence-corrected chi connectivity index (χ0v) is 9.29. The van der Waals surface area contributed by atoms with Crippen LogP contribution in [0.3, 0.4) is 0 Å². The molecular weight excluding hydrogens is 188 g/mol. The summed E-state index contributed by atoms with van der Waals surface area (Å²) < 4.78 is 5.20. The smallest absolute Gasteiger partial charge is 0.303 e. The van der Waals surface area contributed by atoms with Crippen LogP contribution in [-0.2, 0) is 9.53 Å². The molecular formula is C13H18O2. The van der Waals surface area contributed by atoms with Crippen molar-refractivity contribution in [3.8, 4) is 12.3 Å². The van der Waals surface area contributed by atoms with Crippen molar-refractivity contribution in [3.05, 3.63) is 11.6 Å². The van der Waals surface area contributed by atoms with Gasteiger partial charge in [-0.05, 0) is 31.8 Å². The van der Waals surface area contributed by atoms with Gasteiger partial charge in [0.25, 0.3) is 0 Å². The Morgan fingerprint density at radius 1 is 1.47 bits per heavy atom. The first-order valence-corrected chi connectivity index (χ1v) is 5.57. The molecule has 1 unspecified atom stereocenters. The molecule has 0 spiro atoms. The summed E-state index contributed by atoms with van der Waals surface area (Å²) in [6, 6.07) is 0. The third-order valence-corrected chi connectivity index (χ3v) is 2.57. The average Bonchev–Trinajstić information content (AvgIpc) is 2.29. The molecule has 0 saturated carbocycles. The minimum absolute atomic E-state index is 0.119. The highest BCUT2D eigenvalue weighted by Gasteiger charge is 2.11. The molecule has 1 aliphatic rings. The second kappa shape index (κ2) is 6.29. The molecule has 0 aliphatic heterocycles. The molecule has 0 aromatic rings. The van der Waals surface area contributed by atoms with Crippen molar-refractivity contribution >= 4 is 5.97 Å². The van der Waals surface area contributed by atoms with E-state index < -0.39 is 0 Å². The van der Waals surface area contributed by atoms with Gasteiger partial charge < -0.3 is 4.74 Å². The lowest BCUT2D eigenvalue weighted by atomic mass is 10.1. The third-order valence-electron chi connectivity index (χ3n) is 2.57. The molecule has 1 aliphatic carbocycles. The highest BCUT2D eigenvalue weighted by molar-refractivity contribution is 5.66. The van der Waals surface area contributed by atoms with Crippen LogP contribution in [0.1, 0.15) is 45.4 Å². The predicted molar refractivity (Wildman–Crippen MR) is 60.2 cm³/mol. The topological polar surface area (TPSA) is 26.3 Å². The SMILES string of the molecule is C#C/C1=C/C(OC(C)=O)CCCCCC1. The maximum atomic E-state index is 10.9. The Balaban J connectivity index is 2.66. The fourth-order valence-corrected chi connectivity index (χ4v) is 1.83. The summed E-state index contributed by atoms with van der Waals surface area (Å²) in [5, 5.41) is 0. The van der Waals surface area contributed by atoms with Gasteiger partial charge in [-0.25, -0.2) is 0 Å². The molecule has 0 aromatic carbocycles. The van der Waals surface area contributed by atoms with Crippen LogP contribution in [0.25, 0.3) is 0 Å². The number of ether oxygens (including phenoxy) is 1. The van der Waals surface area contributed by atoms with E-state index in [2.05, 4.69) is 5.92 Å². The lowest BCUT2D eigenvalue weighted by Crippen LogP contribution is -2.14. The Hall–Kier alpha value is -1.23. The number of allylic oxidation sites excluding steroid dienone is 1. The molecule has 82 valence electrons. The highest BCUT2D eigenvalue weighted by atomic mass is 16.5. The summed E-state index contributed by atoms with van der Waals surface area (Å²) in [6.45, 7) is 1.44. The van der Waals surface area contributed by atoms with Crippen molar-refractivity contribution in [1.29, 1.82) is 0 Å². The van der Waals surface area contributed by atoms with Gasteiger partial charge in [0.2, 0.25) is 0 Å². The highest BCUT2D eigenvalue weighted by Crippen LogP contribution is 2.18. The van der Waals surface area contributed by atoms with Gasteiger partial charge in [-0.3, -0.25) is 4.79 Å². The second-order valence-corrected chi connectivity index (χ2v) is 3.94. The molecule has 2 nitrogen and oxygen atoms in total. The molecule has 0 fully saturated rings. The second-order valence-electron chi connectivity index (χ2n) is 3.94. The lowest BCUT2D eigenvalue weighted by Gasteiger charge is -2.12. The van der Waals surface area contributed by atoms with Crippen molar-refractivity contribution in [2.75, 3.05) is 0 Å². The number of esters is 1. The molecule has 0 radical (unpaired) electrons. The van der Waals surface area contributed by atoms with Crippen LogP contribution in [0.4, 0.5) is 0 Å². The predicted octanol–water partition coefficient (Wildman–Crippen LogP) is 2.83. The number of hydrogen-bond acceptors (Lipinski definition) is 2. The number of carbonyl (C=O) groups excluding carboxylic acids is 1. The molecule has 0 amide bonds. The van der Waals surface area contributed by atoms with E-state index in [1.165, 1.54) is 19.8 Å². The average molecular weight is 206 g/mol. The van der Waals surface area contributed by atoms with Crippen molar-refractivity contribution in [2.24, 2.45) is 0 Å². The maximum absolute atomic E-state index is 10.9. The van der Waals surface area contributed by atoms with Gasteiger partial charge in [-0.15, -0.1) is 6.42 Å². The zero-order valence-electron chi connectivity index (χ0n) is 9.29. The first kappa shape index (κ1) is 11.8.